The molecule has 0 saturated heterocycles. The molecule has 1 aromatic carbocycles. The van der Waals surface area contributed by atoms with E-state index in [0.29, 0.717) is 13.1 Å². The second-order valence-electron chi connectivity index (χ2n) is 4.72. The molecule has 0 aliphatic heterocycles. The van der Waals surface area contributed by atoms with Gasteiger partial charge in [-0.25, -0.2) is 9.97 Å². The van der Waals surface area contributed by atoms with E-state index in [2.05, 4.69) is 47.3 Å². The monoisotopic (exact) mass is 256 g/mol. The van der Waals surface area contributed by atoms with Crippen molar-refractivity contribution < 1.29 is 0 Å². The highest BCUT2D eigenvalue weighted by atomic mass is 15.0. The lowest BCUT2D eigenvalue weighted by Gasteiger charge is -2.10. The standard InChI is InChI=1S/C15H20N4/c1-10-4-5-11(2)13(8-10)14-9-15(17-7-6-16)19-12(3)18-14/h4-5,8-9H,6-7,16H2,1-3H3,(H,17,18,19). The Balaban J connectivity index is 2.43. The van der Waals surface area contributed by atoms with E-state index in [1.165, 1.54) is 11.1 Å². The zero-order valence-electron chi connectivity index (χ0n) is 11.7. The van der Waals surface area contributed by atoms with Crippen LogP contribution in [0.15, 0.2) is 24.3 Å². The number of aromatic nitrogens is 2. The van der Waals surface area contributed by atoms with Crippen molar-refractivity contribution in [2.24, 2.45) is 5.73 Å². The van der Waals surface area contributed by atoms with Gasteiger partial charge in [-0.1, -0.05) is 17.7 Å². The van der Waals surface area contributed by atoms with Gasteiger partial charge < -0.3 is 11.1 Å². The zero-order chi connectivity index (χ0) is 13.8. The van der Waals surface area contributed by atoms with Gasteiger partial charge in [-0.05, 0) is 32.4 Å². The summed E-state index contributed by atoms with van der Waals surface area (Å²) in [6, 6.07) is 8.36. The molecule has 3 N–H and O–H groups in total. The molecular formula is C15H20N4. The van der Waals surface area contributed by atoms with E-state index in [1.807, 2.05) is 13.0 Å². The van der Waals surface area contributed by atoms with Crippen LogP contribution in [0.25, 0.3) is 11.3 Å². The van der Waals surface area contributed by atoms with Gasteiger partial charge in [0, 0.05) is 24.7 Å². The van der Waals surface area contributed by atoms with Crippen LogP contribution in [0, 0.1) is 20.8 Å². The summed E-state index contributed by atoms with van der Waals surface area (Å²) in [6.45, 7) is 7.39. The van der Waals surface area contributed by atoms with Crippen LogP contribution in [-0.2, 0) is 0 Å². The van der Waals surface area contributed by atoms with E-state index in [1.54, 1.807) is 0 Å². The normalized spacial score (nSPS) is 10.5. The predicted molar refractivity (Wildman–Crippen MR) is 79.2 cm³/mol. The summed E-state index contributed by atoms with van der Waals surface area (Å²) in [5, 5.41) is 3.20. The summed E-state index contributed by atoms with van der Waals surface area (Å²) in [4.78, 5) is 8.90. The van der Waals surface area contributed by atoms with Gasteiger partial charge in [0.05, 0.1) is 5.69 Å². The predicted octanol–water partition coefficient (Wildman–Crippen LogP) is 2.44. The highest BCUT2D eigenvalue weighted by Gasteiger charge is 2.07. The van der Waals surface area contributed by atoms with Gasteiger partial charge in [-0.3, -0.25) is 0 Å². The minimum atomic E-state index is 0.585. The van der Waals surface area contributed by atoms with E-state index in [0.717, 1.165) is 22.9 Å². The van der Waals surface area contributed by atoms with Crippen LogP contribution in [0.1, 0.15) is 17.0 Å². The fraction of sp³-hybridized carbons (Fsp3) is 0.333. The van der Waals surface area contributed by atoms with Crippen molar-refractivity contribution >= 4 is 5.82 Å². The van der Waals surface area contributed by atoms with Gasteiger partial charge in [-0.15, -0.1) is 0 Å². The summed E-state index contributed by atoms with van der Waals surface area (Å²) in [6.07, 6.45) is 0. The van der Waals surface area contributed by atoms with Gasteiger partial charge in [0.25, 0.3) is 0 Å². The Hall–Kier alpha value is -1.94. The molecule has 0 atom stereocenters. The molecule has 0 fully saturated rings. The summed E-state index contributed by atoms with van der Waals surface area (Å²) in [7, 11) is 0. The molecule has 0 saturated carbocycles. The molecule has 0 unspecified atom stereocenters. The van der Waals surface area contributed by atoms with Gasteiger partial charge in [0.15, 0.2) is 0 Å². The molecule has 0 radical (unpaired) electrons. The van der Waals surface area contributed by atoms with E-state index >= 15 is 0 Å². The molecule has 0 aliphatic rings. The first kappa shape index (κ1) is 13.5. The highest BCUT2D eigenvalue weighted by Crippen LogP contribution is 2.24. The first-order chi connectivity index (χ1) is 9.10. The summed E-state index contributed by atoms with van der Waals surface area (Å²) < 4.78 is 0. The van der Waals surface area contributed by atoms with E-state index in [-0.39, 0.29) is 0 Å². The van der Waals surface area contributed by atoms with Crippen molar-refractivity contribution in [1.29, 1.82) is 0 Å². The minimum Gasteiger partial charge on any atom is -0.369 e. The Morgan fingerprint density at radius 2 is 1.89 bits per heavy atom. The van der Waals surface area contributed by atoms with Crippen LogP contribution in [-0.4, -0.2) is 23.1 Å². The van der Waals surface area contributed by atoms with Crippen molar-refractivity contribution in [2.45, 2.75) is 20.8 Å². The Bertz CT molecular complexity index is 578. The first-order valence-electron chi connectivity index (χ1n) is 6.47. The van der Waals surface area contributed by atoms with Crippen LogP contribution in [0.4, 0.5) is 5.82 Å². The number of anilines is 1. The molecule has 2 aromatic rings. The third kappa shape index (κ3) is 3.29. The summed E-state index contributed by atoms with van der Waals surface area (Å²) in [5.74, 6) is 1.59. The van der Waals surface area contributed by atoms with E-state index < -0.39 is 0 Å². The number of nitrogens with two attached hydrogens (primary N) is 1. The maximum Gasteiger partial charge on any atom is 0.130 e. The fourth-order valence-electron chi connectivity index (χ4n) is 2.01. The van der Waals surface area contributed by atoms with Crippen LogP contribution >= 0.6 is 0 Å². The van der Waals surface area contributed by atoms with Crippen LogP contribution in [0.3, 0.4) is 0 Å². The zero-order valence-corrected chi connectivity index (χ0v) is 11.7. The van der Waals surface area contributed by atoms with Gasteiger partial charge in [0.2, 0.25) is 0 Å². The molecule has 19 heavy (non-hydrogen) atoms. The molecule has 100 valence electrons. The number of hydrogen-bond donors (Lipinski definition) is 2. The summed E-state index contributed by atoms with van der Waals surface area (Å²) in [5.41, 5.74) is 10.1. The first-order valence-corrected chi connectivity index (χ1v) is 6.47. The second-order valence-corrected chi connectivity index (χ2v) is 4.72. The van der Waals surface area contributed by atoms with Gasteiger partial charge in [-0.2, -0.15) is 0 Å². The Morgan fingerprint density at radius 3 is 2.63 bits per heavy atom. The number of rotatable bonds is 4. The Morgan fingerprint density at radius 1 is 1.11 bits per heavy atom. The lowest BCUT2D eigenvalue weighted by Crippen LogP contribution is -2.14. The maximum absolute atomic E-state index is 5.50. The maximum atomic E-state index is 5.50. The molecule has 0 aliphatic carbocycles. The second kappa shape index (κ2) is 5.80. The van der Waals surface area contributed by atoms with Crippen molar-refractivity contribution in [2.75, 3.05) is 18.4 Å². The molecule has 1 aromatic heterocycles. The number of aryl methyl sites for hydroxylation is 3. The smallest absolute Gasteiger partial charge is 0.130 e. The van der Waals surface area contributed by atoms with E-state index in [4.69, 9.17) is 5.73 Å². The molecule has 0 spiro atoms. The van der Waals surface area contributed by atoms with Gasteiger partial charge in [0.1, 0.15) is 11.6 Å². The van der Waals surface area contributed by atoms with Crippen LogP contribution in [0.2, 0.25) is 0 Å². The molecule has 0 amide bonds. The molecular weight excluding hydrogens is 236 g/mol. The van der Waals surface area contributed by atoms with Crippen LogP contribution in [0.5, 0.6) is 0 Å². The lowest BCUT2D eigenvalue weighted by atomic mass is 10.0. The SMILES string of the molecule is Cc1ccc(C)c(-c2cc(NCCN)nc(C)n2)c1. The summed E-state index contributed by atoms with van der Waals surface area (Å²) >= 11 is 0. The minimum absolute atomic E-state index is 0.585. The topological polar surface area (TPSA) is 63.8 Å². The molecule has 2 rings (SSSR count). The van der Waals surface area contributed by atoms with E-state index in [9.17, 15) is 0 Å². The number of benzene rings is 1. The average molecular weight is 256 g/mol. The molecule has 4 nitrogen and oxygen atoms in total. The number of hydrogen-bond acceptors (Lipinski definition) is 4. The highest BCUT2D eigenvalue weighted by molar-refractivity contribution is 5.66. The van der Waals surface area contributed by atoms with Crippen molar-refractivity contribution in [3.63, 3.8) is 0 Å². The van der Waals surface area contributed by atoms with Crippen LogP contribution < -0.4 is 11.1 Å². The third-order valence-corrected chi connectivity index (χ3v) is 2.96. The number of nitrogens with zero attached hydrogens (tertiary/aromatic N) is 2. The third-order valence-electron chi connectivity index (χ3n) is 2.96. The Kier molecular flexibility index (Phi) is 4.12. The molecule has 1 heterocycles. The lowest BCUT2D eigenvalue weighted by molar-refractivity contribution is 0.987. The molecule has 4 heteroatoms. The Labute approximate surface area is 114 Å². The van der Waals surface area contributed by atoms with Crippen molar-refractivity contribution in [1.82, 2.24) is 9.97 Å². The number of nitrogens with one attached hydrogen (secondary N) is 1. The average Bonchev–Trinajstić information content (AvgIpc) is 2.38. The van der Waals surface area contributed by atoms with Crippen molar-refractivity contribution in [3.05, 3.63) is 41.2 Å². The largest absolute Gasteiger partial charge is 0.369 e. The molecule has 0 bridgehead atoms. The van der Waals surface area contributed by atoms with Gasteiger partial charge >= 0.3 is 0 Å². The fourth-order valence-corrected chi connectivity index (χ4v) is 2.01. The van der Waals surface area contributed by atoms with Crippen molar-refractivity contribution in [3.8, 4) is 11.3 Å². The quantitative estimate of drug-likeness (QED) is 0.882.